The van der Waals surface area contributed by atoms with Crippen molar-refractivity contribution in [1.29, 1.82) is 0 Å². The number of aromatic nitrogens is 2. The molecule has 1 unspecified atom stereocenters. The van der Waals surface area contributed by atoms with E-state index in [4.69, 9.17) is 0 Å². The standard InChI is InChI=1S/C15H21N3/c1-5-13-7-6-8-14(9-13)16-11(2)15-10-18(4)17-12(15)3/h6-11,16H,5H2,1-4H3. The van der Waals surface area contributed by atoms with Crippen LogP contribution in [0.3, 0.4) is 0 Å². The van der Waals surface area contributed by atoms with Crippen LogP contribution in [0.5, 0.6) is 0 Å². The number of aryl methyl sites for hydroxylation is 3. The first kappa shape index (κ1) is 12.7. The quantitative estimate of drug-likeness (QED) is 0.891. The van der Waals surface area contributed by atoms with Gasteiger partial charge in [-0.15, -0.1) is 0 Å². The molecule has 1 aromatic heterocycles. The largest absolute Gasteiger partial charge is 0.378 e. The third-order valence-corrected chi connectivity index (χ3v) is 3.24. The van der Waals surface area contributed by atoms with Crippen molar-refractivity contribution in [2.24, 2.45) is 7.05 Å². The van der Waals surface area contributed by atoms with E-state index in [2.05, 4.69) is 61.6 Å². The van der Waals surface area contributed by atoms with Gasteiger partial charge in [-0.2, -0.15) is 5.10 Å². The first-order chi connectivity index (χ1) is 8.60. The molecule has 1 aromatic carbocycles. The van der Waals surface area contributed by atoms with Crippen LogP contribution >= 0.6 is 0 Å². The van der Waals surface area contributed by atoms with E-state index in [-0.39, 0.29) is 6.04 Å². The van der Waals surface area contributed by atoms with Gasteiger partial charge in [-0.05, 0) is 38.0 Å². The second kappa shape index (κ2) is 5.25. The van der Waals surface area contributed by atoms with Crippen LogP contribution in [0.25, 0.3) is 0 Å². The number of nitrogens with zero attached hydrogens (tertiary/aromatic N) is 2. The van der Waals surface area contributed by atoms with Crippen LogP contribution in [0.4, 0.5) is 5.69 Å². The fraction of sp³-hybridized carbons (Fsp3) is 0.400. The molecule has 0 spiro atoms. The molecule has 2 rings (SSSR count). The topological polar surface area (TPSA) is 29.9 Å². The summed E-state index contributed by atoms with van der Waals surface area (Å²) >= 11 is 0. The van der Waals surface area contributed by atoms with Crippen molar-refractivity contribution in [3.63, 3.8) is 0 Å². The zero-order chi connectivity index (χ0) is 13.1. The first-order valence-corrected chi connectivity index (χ1v) is 6.45. The Balaban J connectivity index is 2.15. The Kier molecular flexibility index (Phi) is 3.70. The van der Waals surface area contributed by atoms with Gasteiger partial charge in [0.2, 0.25) is 0 Å². The number of hydrogen-bond donors (Lipinski definition) is 1. The maximum Gasteiger partial charge on any atom is 0.0646 e. The fourth-order valence-corrected chi connectivity index (χ4v) is 2.25. The van der Waals surface area contributed by atoms with E-state index in [1.165, 1.54) is 16.8 Å². The van der Waals surface area contributed by atoms with Gasteiger partial charge < -0.3 is 5.32 Å². The smallest absolute Gasteiger partial charge is 0.0646 e. The highest BCUT2D eigenvalue weighted by Crippen LogP contribution is 2.22. The molecule has 0 fully saturated rings. The van der Waals surface area contributed by atoms with Gasteiger partial charge in [0.25, 0.3) is 0 Å². The molecule has 0 aliphatic rings. The van der Waals surface area contributed by atoms with Crippen molar-refractivity contribution in [2.75, 3.05) is 5.32 Å². The summed E-state index contributed by atoms with van der Waals surface area (Å²) in [6.07, 6.45) is 3.15. The maximum atomic E-state index is 4.38. The van der Waals surface area contributed by atoms with Gasteiger partial charge in [-0.1, -0.05) is 19.1 Å². The molecule has 0 aliphatic heterocycles. The van der Waals surface area contributed by atoms with E-state index < -0.39 is 0 Å². The van der Waals surface area contributed by atoms with E-state index in [9.17, 15) is 0 Å². The summed E-state index contributed by atoms with van der Waals surface area (Å²) in [4.78, 5) is 0. The minimum atomic E-state index is 0.269. The van der Waals surface area contributed by atoms with E-state index in [1.807, 2.05) is 11.7 Å². The zero-order valence-electron chi connectivity index (χ0n) is 11.6. The molecule has 1 heterocycles. The lowest BCUT2D eigenvalue weighted by molar-refractivity contribution is 0.756. The Morgan fingerprint density at radius 1 is 1.39 bits per heavy atom. The van der Waals surface area contributed by atoms with E-state index in [0.29, 0.717) is 0 Å². The highest BCUT2D eigenvalue weighted by molar-refractivity contribution is 5.47. The molecule has 0 saturated heterocycles. The van der Waals surface area contributed by atoms with Crippen LogP contribution in [-0.4, -0.2) is 9.78 Å². The summed E-state index contributed by atoms with van der Waals surface area (Å²) in [6.45, 7) is 6.40. The molecule has 0 bridgehead atoms. The van der Waals surface area contributed by atoms with Crippen LogP contribution in [-0.2, 0) is 13.5 Å². The van der Waals surface area contributed by atoms with Gasteiger partial charge in [-0.25, -0.2) is 0 Å². The average Bonchev–Trinajstić information content (AvgIpc) is 2.69. The Morgan fingerprint density at radius 2 is 2.17 bits per heavy atom. The van der Waals surface area contributed by atoms with Crippen LogP contribution < -0.4 is 5.32 Å². The molecule has 96 valence electrons. The molecule has 18 heavy (non-hydrogen) atoms. The highest BCUT2D eigenvalue weighted by Gasteiger charge is 2.11. The Bertz CT molecular complexity index is 528. The lowest BCUT2D eigenvalue weighted by atomic mass is 10.1. The molecule has 0 aliphatic carbocycles. The molecule has 3 heteroatoms. The first-order valence-electron chi connectivity index (χ1n) is 6.45. The molecule has 0 saturated carbocycles. The summed E-state index contributed by atoms with van der Waals surface area (Å²) in [5, 5.41) is 7.92. The molecule has 0 amide bonds. The van der Waals surface area contributed by atoms with Crippen LogP contribution in [0.15, 0.2) is 30.5 Å². The second-order valence-electron chi connectivity index (χ2n) is 4.76. The van der Waals surface area contributed by atoms with Gasteiger partial charge in [0.1, 0.15) is 0 Å². The lowest BCUT2D eigenvalue weighted by Crippen LogP contribution is -2.07. The van der Waals surface area contributed by atoms with Gasteiger partial charge in [-0.3, -0.25) is 4.68 Å². The monoisotopic (exact) mass is 243 g/mol. The predicted molar refractivity (Wildman–Crippen MR) is 75.8 cm³/mol. The van der Waals surface area contributed by atoms with Gasteiger partial charge >= 0.3 is 0 Å². The third kappa shape index (κ3) is 2.73. The van der Waals surface area contributed by atoms with Crippen LogP contribution in [0.1, 0.15) is 36.7 Å². The number of rotatable bonds is 4. The number of nitrogens with one attached hydrogen (secondary N) is 1. The molecule has 2 aromatic rings. The SMILES string of the molecule is CCc1cccc(NC(C)c2cn(C)nc2C)c1. The second-order valence-corrected chi connectivity index (χ2v) is 4.76. The van der Waals surface area contributed by atoms with Crippen LogP contribution in [0.2, 0.25) is 0 Å². The molecule has 1 N–H and O–H groups in total. The summed E-state index contributed by atoms with van der Waals surface area (Å²) in [5.74, 6) is 0. The van der Waals surface area contributed by atoms with Crippen molar-refractivity contribution in [3.8, 4) is 0 Å². The molecular formula is C15H21N3. The summed E-state index contributed by atoms with van der Waals surface area (Å²) in [7, 11) is 1.96. The average molecular weight is 243 g/mol. The van der Waals surface area contributed by atoms with E-state index in [0.717, 1.165) is 12.1 Å². The van der Waals surface area contributed by atoms with Gasteiger partial charge in [0.15, 0.2) is 0 Å². The van der Waals surface area contributed by atoms with Crippen molar-refractivity contribution in [1.82, 2.24) is 9.78 Å². The highest BCUT2D eigenvalue weighted by atomic mass is 15.3. The van der Waals surface area contributed by atoms with Crippen molar-refractivity contribution < 1.29 is 0 Å². The zero-order valence-corrected chi connectivity index (χ0v) is 11.6. The van der Waals surface area contributed by atoms with E-state index >= 15 is 0 Å². The summed E-state index contributed by atoms with van der Waals surface area (Å²) in [6, 6.07) is 8.85. The summed E-state index contributed by atoms with van der Waals surface area (Å²) in [5.41, 5.74) is 4.86. The van der Waals surface area contributed by atoms with Gasteiger partial charge in [0, 0.05) is 24.5 Å². The lowest BCUT2D eigenvalue weighted by Gasteiger charge is -2.15. The predicted octanol–water partition coefficient (Wildman–Crippen LogP) is 3.46. The molecular weight excluding hydrogens is 222 g/mol. The van der Waals surface area contributed by atoms with Crippen molar-refractivity contribution in [3.05, 3.63) is 47.3 Å². The van der Waals surface area contributed by atoms with E-state index in [1.54, 1.807) is 0 Å². The fourth-order valence-electron chi connectivity index (χ4n) is 2.25. The summed E-state index contributed by atoms with van der Waals surface area (Å²) < 4.78 is 1.87. The Labute approximate surface area is 109 Å². The minimum absolute atomic E-state index is 0.269. The Morgan fingerprint density at radius 3 is 2.78 bits per heavy atom. The van der Waals surface area contributed by atoms with Crippen molar-refractivity contribution in [2.45, 2.75) is 33.2 Å². The minimum Gasteiger partial charge on any atom is -0.378 e. The van der Waals surface area contributed by atoms with Gasteiger partial charge in [0.05, 0.1) is 11.7 Å². The van der Waals surface area contributed by atoms with Crippen LogP contribution in [0, 0.1) is 6.92 Å². The van der Waals surface area contributed by atoms with Crippen molar-refractivity contribution >= 4 is 5.69 Å². The molecule has 3 nitrogen and oxygen atoms in total. The maximum absolute atomic E-state index is 4.38. The normalized spacial score (nSPS) is 12.4. The number of anilines is 1. The third-order valence-electron chi connectivity index (χ3n) is 3.24. The molecule has 1 atom stereocenters. The number of hydrogen-bond acceptors (Lipinski definition) is 2. The Hall–Kier alpha value is -1.77. The number of benzene rings is 1. The molecule has 0 radical (unpaired) electrons.